The number of amides is 1. The van der Waals surface area contributed by atoms with Crippen LogP contribution in [0.1, 0.15) is 24.8 Å². The van der Waals surface area contributed by atoms with Crippen LogP contribution in [0.2, 0.25) is 0 Å². The van der Waals surface area contributed by atoms with Gasteiger partial charge in [-0.1, -0.05) is 37.3 Å². The first kappa shape index (κ1) is 17.1. The largest absolute Gasteiger partial charge is 0.497 e. The summed E-state index contributed by atoms with van der Waals surface area (Å²) in [7, 11) is 1.65. The highest BCUT2D eigenvalue weighted by Crippen LogP contribution is 2.22. The summed E-state index contributed by atoms with van der Waals surface area (Å²) in [4.78, 5) is 12.2. The number of aromatic nitrogens is 1. The van der Waals surface area contributed by atoms with Gasteiger partial charge in [0.2, 0.25) is 5.91 Å². The number of rotatable bonds is 7. The van der Waals surface area contributed by atoms with E-state index < -0.39 is 0 Å². The third-order valence-electron chi connectivity index (χ3n) is 4.56. The van der Waals surface area contributed by atoms with Crippen LogP contribution in [0.5, 0.6) is 5.75 Å². The van der Waals surface area contributed by atoms with Crippen LogP contribution in [0.3, 0.4) is 0 Å². The lowest BCUT2D eigenvalue weighted by Crippen LogP contribution is -2.28. The lowest BCUT2D eigenvalue weighted by atomic mass is 9.98. The first-order chi connectivity index (χ1) is 12.2. The maximum atomic E-state index is 12.2. The molecule has 1 aromatic heterocycles. The van der Waals surface area contributed by atoms with Crippen molar-refractivity contribution in [2.75, 3.05) is 13.7 Å². The van der Waals surface area contributed by atoms with Crippen LogP contribution < -0.4 is 10.1 Å². The summed E-state index contributed by atoms with van der Waals surface area (Å²) in [5.41, 5.74) is 2.34. The number of hydrogen-bond acceptors (Lipinski definition) is 2. The van der Waals surface area contributed by atoms with Crippen molar-refractivity contribution in [2.24, 2.45) is 0 Å². The summed E-state index contributed by atoms with van der Waals surface area (Å²) >= 11 is 0. The number of ether oxygens (including phenoxy) is 1. The van der Waals surface area contributed by atoms with Crippen LogP contribution in [0, 0.1) is 0 Å². The second-order valence-electron chi connectivity index (χ2n) is 6.32. The molecule has 0 aliphatic heterocycles. The second kappa shape index (κ2) is 7.88. The molecule has 4 heteroatoms. The minimum absolute atomic E-state index is 0.0357. The molecule has 2 aromatic carbocycles. The van der Waals surface area contributed by atoms with Gasteiger partial charge in [0, 0.05) is 23.6 Å². The van der Waals surface area contributed by atoms with Crippen molar-refractivity contribution in [3.8, 4) is 5.75 Å². The molecule has 1 amide bonds. The number of nitrogens with zero attached hydrogens (tertiary/aromatic N) is 1. The number of benzene rings is 2. The lowest BCUT2D eigenvalue weighted by Gasteiger charge is -2.13. The summed E-state index contributed by atoms with van der Waals surface area (Å²) < 4.78 is 7.20. The average Bonchev–Trinajstić information content (AvgIpc) is 3.04. The Hall–Kier alpha value is -2.75. The van der Waals surface area contributed by atoms with Crippen molar-refractivity contribution < 1.29 is 9.53 Å². The summed E-state index contributed by atoms with van der Waals surface area (Å²) in [6, 6.07) is 18.3. The molecule has 3 aromatic rings. The van der Waals surface area contributed by atoms with Gasteiger partial charge in [-0.05, 0) is 42.2 Å². The van der Waals surface area contributed by atoms with E-state index in [9.17, 15) is 4.79 Å². The van der Waals surface area contributed by atoms with Crippen molar-refractivity contribution in [3.05, 3.63) is 66.4 Å². The monoisotopic (exact) mass is 336 g/mol. The molecule has 0 fully saturated rings. The predicted molar refractivity (Wildman–Crippen MR) is 101 cm³/mol. The standard InChI is InChI=1S/C21H24N2O2/c1-16(17-6-4-3-5-7-17)10-12-22-21(24)15-23-13-11-18-14-19(25-2)8-9-20(18)23/h3-9,11,13-14,16H,10,12,15H2,1-2H3,(H,22,24). The van der Waals surface area contributed by atoms with E-state index in [0.29, 0.717) is 19.0 Å². The van der Waals surface area contributed by atoms with Crippen molar-refractivity contribution in [1.82, 2.24) is 9.88 Å². The van der Waals surface area contributed by atoms with Crippen molar-refractivity contribution in [2.45, 2.75) is 25.8 Å². The van der Waals surface area contributed by atoms with Crippen LogP contribution >= 0.6 is 0 Å². The van der Waals surface area contributed by atoms with Gasteiger partial charge in [0.1, 0.15) is 12.3 Å². The minimum atomic E-state index is 0.0357. The minimum Gasteiger partial charge on any atom is -0.497 e. The molecule has 0 saturated heterocycles. The molecule has 0 aliphatic rings. The van der Waals surface area contributed by atoms with E-state index in [-0.39, 0.29) is 5.91 Å². The molecule has 0 bridgehead atoms. The fourth-order valence-corrected chi connectivity index (χ4v) is 3.03. The zero-order valence-corrected chi connectivity index (χ0v) is 14.7. The summed E-state index contributed by atoms with van der Waals surface area (Å²) in [6.45, 7) is 3.20. The van der Waals surface area contributed by atoms with E-state index in [1.807, 2.05) is 41.1 Å². The Morgan fingerprint density at radius 1 is 1.16 bits per heavy atom. The van der Waals surface area contributed by atoms with Crippen LogP contribution in [0.15, 0.2) is 60.8 Å². The average molecular weight is 336 g/mol. The molecule has 4 nitrogen and oxygen atoms in total. The van der Waals surface area contributed by atoms with Crippen molar-refractivity contribution in [1.29, 1.82) is 0 Å². The van der Waals surface area contributed by atoms with Crippen LogP contribution in [0.4, 0.5) is 0 Å². The molecule has 1 atom stereocenters. The topological polar surface area (TPSA) is 43.3 Å². The lowest BCUT2D eigenvalue weighted by molar-refractivity contribution is -0.121. The van der Waals surface area contributed by atoms with Crippen LogP contribution in [0.25, 0.3) is 10.9 Å². The second-order valence-corrected chi connectivity index (χ2v) is 6.32. The van der Waals surface area contributed by atoms with Crippen LogP contribution in [-0.4, -0.2) is 24.1 Å². The molecular weight excluding hydrogens is 312 g/mol. The molecule has 130 valence electrons. The van der Waals surface area contributed by atoms with Gasteiger partial charge in [-0.2, -0.15) is 0 Å². The number of methoxy groups -OCH3 is 1. The molecule has 3 rings (SSSR count). The zero-order chi connectivity index (χ0) is 17.6. The van der Waals surface area contributed by atoms with E-state index in [0.717, 1.165) is 23.1 Å². The van der Waals surface area contributed by atoms with Gasteiger partial charge in [-0.3, -0.25) is 4.79 Å². The van der Waals surface area contributed by atoms with E-state index in [1.54, 1.807) is 7.11 Å². The van der Waals surface area contributed by atoms with Crippen molar-refractivity contribution >= 4 is 16.8 Å². The van der Waals surface area contributed by atoms with E-state index in [4.69, 9.17) is 4.74 Å². The maximum Gasteiger partial charge on any atom is 0.239 e. The first-order valence-electron chi connectivity index (χ1n) is 8.62. The Kier molecular flexibility index (Phi) is 5.39. The Bertz CT molecular complexity index is 839. The van der Waals surface area contributed by atoms with Crippen LogP contribution in [-0.2, 0) is 11.3 Å². The number of carbonyl (C=O) groups excluding carboxylic acids is 1. The molecule has 0 radical (unpaired) electrons. The molecule has 25 heavy (non-hydrogen) atoms. The van der Waals surface area contributed by atoms with E-state index in [2.05, 4.69) is 36.5 Å². The fraction of sp³-hybridized carbons (Fsp3) is 0.286. The molecule has 1 heterocycles. The molecular formula is C21H24N2O2. The highest BCUT2D eigenvalue weighted by atomic mass is 16.5. The summed E-state index contributed by atoms with van der Waals surface area (Å²) in [5.74, 6) is 1.29. The van der Waals surface area contributed by atoms with Gasteiger partial charge in [0.15, 0.2) is 0 Å². The first-order valence-corrected chi connectivity index (χ1v) is 8.62. The van der Waals surface area contributed by atoms with Gasteiger partial charge >= 0.3 is 0 Å². The van der Waals surface area contributed by atoms with Crippen molar-refractivity contribution in [3.63, 3.8) is 0 Å². The van der Waals surface area contributed by atoms with Gasteiger partial charge in [0.25, 0.3) is 0 Å². The highest BCUT2D eigenvalue weighted by Gasteiger charge is 2.09. The molecule has 0 spiro atoms. The Balaban J connectivity index is 1.53. The van der Waals surface area contributed by atoms with E-state index >= 15 is 0 Å². The number of carbonyl (C=O) groups is 1. The Morgan fingerprint density at radius 2 is 1.96 bits per heavy atom. The third-order valence-corrected chi connectivity index (χ3v) is 4.56. The van der Waals surface area contributed by atoms with Gasteiger partial charge in [-0.15, -0.1) is 0 Å². The third kappa shape index (κ3) is 4.21. The van der Waals surface area contributed by atoms with Gasteiger partial charge in [0.05, 0.1) is 7.11 Å². The highest BCUT2D eigenvalue weighted by molar-refractivity contribution is 5.84. The van der Waals surface area contributed by atoms with Gasteiger partial charge < -0.3 is 14.6 Å². The smallest absolute Gasteiger partial charge is 0.239 e. The summed E-state index contributed by atoms with van der Waals surface area (Å²) in [5, 5.41) is 4.10. The molecule has 0 saturated carbocycles. The number of hydrogen-bond donors (Lipinski definition) is 1. The maximum absolute atomic E-state index is 12.2. The molecule has 0 aliphatic carbocycles. The normalized spacial score (nSPS) is 12.1. The Morgan fingerprint density at radius 3 is 2.72 bits per heavy atom. The zero-order valence-electron chi connectivity index (χ0n) is 14.7. The number of fused-ring (bicyclic) bond motifs is 1. The molecule has 1 N–H and O–H groups in total. The number of nitrogens with one attached hydrogen (secondary N) is 1. The van der Waals surface area contributed by atoms with E-state index in [1.165, 1.54) is 5.56 Å². The Labute approximate surface area is 148 Å². The SMILES string of the molecule is COc1ccc2c(ccn2CC(=O)NCCC(C)c2ccccc2)c1. The fourth-order valence-electron chi connectivity index (χ4n) is 3.03. The van der Waals surface area contributed by atoms with Gasteiger partial charge in [-0.25, -0.2) is 0 Å². The quantitative estimate of drug-likeness (QED) is 0.710. The predicted octanol–water partition coefficient (Wildman–Crippen LogP) is 3.96. The summed E-state index contributed by atoms with van der Waals surface area (Å²) in [6.07, 6.45) is 2.87. The molecule has 1 unspecified atom stereocenters.